The van der Waals surface area contributed by atoms with Crippen molar-refractivity contribution in [2.75, 3.05) is 5.75 Å². The van der Waals surface area contributed by atoms with Crippen molar-refractivity contribution in [3.8, 4) is 0 Å². The molecule has 2 atom stereocenters. The number of hydrogen-bond acceptors (Lipinski definition) is 5. The van der Waals surface area contributed by atoms with Crippen molar-refractivity contribution in [2.45, 2.75) is 25.3 Å². The van der Waals surface area contributed by atoms with Crippen molar-refractivity contribution in [1.29, 1.82) is 5.53 Å². The van der Waals surface area contributed by atoms with Gasteiger partial charge < -0.3 is 5.11 Å². The number of carboxylic acid groups (broad SMARTS) is 1. The molecule has 1 aromatic rings. The molecular formula is C14H16N5O2S+. The van der Waals surface area contributed by atoms with Gasteiger partial charge in [0.05, 0.1) is 5.54 Å². The number of fused-ring (bicyclic) bond motifs is 3. The number of nitrogens with zero attached hydrogens (tertiary/aromatic N) is 3. The van der Waals surface area contributed by atoms with Crippen molar-refractivity contribution < 1.29 is 9.90 Å². The highest BCUT2D eigenvalue weighted by Gasteiger charge is 2.43. The number of aryl methyl sites for hydroxylation is 1. The van der Waals surface area contributed by atoms with Crippen molar-refractivity contribution in [2.24, 2.45) is 16.0 Å². The zero-order valence-corrected chi connectivity index (χ0v) is 12.9. The third-order valence-corrected chi connectivity index (χ3v) is 5.37. The lowest BCUT2D eigenvalue weighted by Gasteiger charge is -2.42. The fourth-order valence-electron chi connectivity index (χ4n) is 3.18. The van der Waals surface area contributed by atoms with Crippen LogP contribution in [0.15, 0.2) is 28.3 Å². The summed E-state index contributed by atoms with van der Waals surface area (Å²) in [4.78, 5) is 18.6. The molecule has 0 saturated heterocycles. The number of aliphatic imine (C=N–C) groups is 1. The second-order valence-corrected chi connectivity index (χ2v) is 6.59. The molecule has 114 valence electrons. The molecule has 3 rings (SSSR count). The van der Waals surface area contributed by atoms with E-state index in [4.69, 9.17) is 10.6 Å². The van der Waals surface area contributed by atoms with E-state index in [1.54, 1.807) is 0 Å². The van der Waals surface area contributed by atoms with Gasteiger partial charge in [-0.1, -0.05) is 17.8 Å². The summed E-state index contributed by atoms with van der Waals surface area (Å²) in [5, 5.41) is 15.5. The first kappa shape index (κ1) is 14.7. The Balaban J connectivity index is 2.09. The zero-order chi connectivity index (χ0) is 15.7. The number of rotatable bonds is 1. The zero-order valence-electron chi connectivity index (χ0n) is 12.0. The van der Waals surface area contributed by atoms with Gasteiger partial charge >= 0.3 is 6.09 Å². The smallest absolute Gasteiger partial charge is 0.410 e. The Morgan fingerprint density at radius 3 is 3.18 bits per heavy atom. The van der Waals surface area contributed by atoms with E-state index in [2.05, 4.69) is 20.3 Å². The number of benzene rings is 1. The van der Waals surface area contributed by atoms with Gasteiger partial charge in [-0.15, -0.1) is 0 Å². The first-order valence-electron chi connectivity index (χ1n) is 6.96. The molecule has 2 aliphatic rings. The number of nitrogens with one attached hydrogen (secondary N) is 2. The Bertz CT molecular complexity index is 713. The predicted molar refractivity (Wildman–Crippen MR) is 83.6 cm³/mol. The van der Waals surface area contributed by atoms with E-state index in [1.807, 2.05) is 25.1 Å². The van der Waals surface area contributed by atoms with E-state index in [9.17, 15) is 4.79 Å². The average molecular weight is 318 g/mol. The molecule has 1 amide bonds. The van der Waals surface area contributed by atoms with Crippen LogP contribution in [0, 0.1) is 11.4 Å². The minimum absolute atomic E-state index is 0.354. The maximum absolute atomic E-state index is 10.9. The lowest BCUT2D eigenvalue weighted by Crippen LogP contribution is -2.43. The number of thioether (sulfide) groups is 1. The van der Waals surface area contributed by atoms with Gasteiger partial charge in [-0.2, -0.15) is 0 Å². The van der Waals surface area contributed by atoms with Crippen LogP contribution in [-0.2, 0) is 12.0 Å². The Labute approximate surface area is 131 Å². The highest BCUT2D eigenvalue weighted by Crippen LogP contribution is 2.47. The van der Waals surface area contributed by atoms with Gasteiger partial charge in [0, 0.05) is 5.75 Å². The fourth-order valence-corrected chi connectivity index (χ4v) is 4.44. The molecule has 8 heteroatoms. The fraction of sp³-hybridized carbons (Fsp3) is 0.429. The minimum atomic E-state index is -1.10. The summed E-state index contributed by atoms with van der Waals surface area (Å²) in [6.45, 7) is 2.04. The largest absolute Gasteiger partial charge is 0.465 e. The Morgan fingerprint density at radius 1 is 1.64 bits per heavy atom. The number of carbonyl (C=O) groups is 1. The van der Waals surface area contributed by atoms with E-state index in [1.165, 1.54) is 17.3 Å². The normalized spacial score (nSPS) is 26.0. The van der Waals surface area contributed by atoms with Crippen molar-refractivity contribution in [1.82, 2.24) is 10.2 Å². The lowest BCUT2D eigenvalue weighted by atomic mass is 9.71. The molecule has 1 heterocycles. The van der Waals surface area contributed by atoms with Gasteiger partial charge in [0.15, 0.2) is 16.0 Å². The van der Waals surface area contributed by atoms with Crippen LogP contribution >= 0.6 is 11.8 Å². The molecule has 3 N–H and O–H groups in total. The SMILES string of the molecule is C[C@]12N=C(NC(=O)O)SC[C@H]1CCc1ccc(N=[N+]=N)cc12. The van der Waals surface area contributed by atoms with Crippen molar-refractivity contribution >= 4 is 28.7 Å². The minimum Gasteiger partial charge on any atom is -0.465 e. The Kier molecular flexibility index (Phi) is 3.72. The average Bonchev–Trinajstić information content (AvgIpc) is 2.46. The molecule has 0 aromatic heterocycles. The predicted octanol–water partition coefficient (Wildman–Crippen LogP) is 3.02. The van der Waals surface area contributed by atoms with Crippen LogP contribution in [0.3, 0.4) is 0 Å². The quantitative estimate of drug-likeness (QED) is 0.546. The first-order valence-corrected chi connectivity index (χ1v) is 7.95. The van der Waals surface area contributed by atoms with Gasteiger partial charge in [-0.05, 0) is 48.9 Å². The van der Waals surface area contributed by atoms with Crippen molar-refractivity contribution in [3.63, 3.8) is 0 Å². The van der Waals surface area contributed by atoms with Crippen LogP contribution in [-0.4, -0.2) is 22.1 Å². The summed E-state index contributed by atoms with van der Waals surface area (Å²) in [5.74, 6) is 1.19. The van der Waals surface area contributed by atoms with Gasteiger partial charge in [0.1, 0.15) is 5.53 Å². The molecule has 22 heavy (non-hydrogen) atoms. The maximum Gasteiger partial charge on any atom is 0.410 e. The summed E-state index contributed by atoms with van der Waals surface area (Å²) in [6.07, 6.45) is 0.909. The van der Waals surface area contributed by atoms with Crippen LogP contribution in [0.5, 0.6) is 0 Å². The van der Waals surface area contributed by atoms with Gasteiger partial charge in [-0.3, -0.25) is 10.3 Å². The summed E-state index contributed by atoms with van der Waals surface area (Å²) < 4.78 is 0. The first-order chi connectivity index (χ1) is 10.5. The highest BCUT2D eigenvalue weighted by molar-refractivity contribution is 8.13. The van der Waals surface area contributed by atoms with E-state index >= 15 is 0 Å². The number of amidine groups is 1. The third-order valence-electron chi connectivity index (χ3n) is 4.33. The molecule has 0 spiro atoms. The van der Waals surface area contributed by atoms with Crippen molar-refractivity contribution in [3.05, 3.63) is 29.3 Å². The highest BCUT2D eigenvalue weighted by atomic mass is 32.2. The Hall–Kier alpha value is -2.18. The van der Waals surface area contributed by atoms with Gasteiger partial charge in [-0.25, -0.2) is 4.79 Å². The summed E-state index contributed by atoms with van der Waals surface area (Å²) >= 11 is 1.45. The molecule has 0 bridgehead atoms. The molecule has 0 unspecified atom stereocenters. The van der Waals surface area contributed by atoms with Gasteiger partial charge in [0.25, 0.3) is 0 Å². The summed E-state index contributed by atoms with van der Waals surface area (Å²) in [6, 6.07) is 5.76. The van der Waals surface area contributed by atoms with Crippen LogP contribution in [0.2, 0.25) is 0 Å². The monoisotopic (exact) mass is 318 g/mol. The molecular weight excluding hydrogens is 302 g/mol. The molecule has 1 aliphatic heterocycles. The second-order valence-electron chi connectivity index (χ2n) is 5.58. The van der Waals surface area contributed by atoms with E-state index in [-0.39, 0.29) is 0 Å². The van der Waals surface area contributed by atoms with Crippen LogP contribution in [0.4, 0.5) is 10.5 Å². The van der Waals surface area contributed by atoms with E-state index in [0.717, 1.165) is 24.2 Å². The molecule has 0 fully saturated rings. The topological polar surface area (TPSA) is 112 Å². The van der Waals surface area contributed by atoms with Crippen LogP contribution in [0.1, 0.15) is 24.5 Å². The molecule has 7 nitrogen and oxygen atoms in total. The summed E-state index contributed by atoms with van der Waals surface area (Å²) in [7, 11) is 0. The summed E-state index contributed by atoms with van der Waals surface area (Å²) in [5.41, 5.74) is 9.28. The van der Waals surface area contributed by atoms with Gasteiger partial charge in [0.2, 0.25) is 4.91 Å². The third kappa shape index (κ3) is 2.51. The molecule has 0 saturated carbocycles. The van der Waals surface area contributed by atoms with E-state index in [0.29, 0.717) is 16.8 Å². The van der Waals surface area contributed by atoms with Crippen LogP contribution < -0.4 is 10.2 Å². The van der Waals surface area contributed by atoms with Crippen LogP contribution in [0.25, 0.3) is 0 Å². The molecule has 1 aromatic carbocycles. The molecule has 1 aliphatic carbocycles. The standard InChI is InChI=1S/C14H15N5O2S/c1-14-9(7-22-12(17-14)16-13(20)21)4-2-8-3-5-10(18-19-15)6-11(8)14/h3,5-6,9,15H,2,4,7H2,1H3,(H-,16,17,20,21)/p+1/t9-,14+/m1/s1. The second kappa shape index (κ2) is 5.55. The van der Waals surface area contributed by atoms with E-state index < -0.39 is 11.6 Å². The number of hydrogen-bond donors (Lipinski definition) is 3. The maximum atomic E-state index is 10.9. The number of amides is 1. The lowest BCUT2D eigenvalue weighted by molar-refractivity contribution is 0.200. The molecule has 0 radical (unpaired) electrons. The Morgan fingerprint density at radius 2 is 2.45 bits per heavy atom.